The van der Waals surface area contributed by atoms with Crippen LogP contribution in [-0.2, 0) is 19.1 Å². The fraction of sp³-hybridized carbons (Fsp3) is 0.474. The highest BCUT2D eigenvalue weighted by Crippen LogP contribution is 2.10. The van der Waals surface area contributed by atoms with Crippen LogP contribution in [0.4, 0.5) is 0 Å². The Bertz CT molecular complexity index is 603. The van der Waals surface area contributed by atoms with Gasteiger partial charge in [-0.15, -0.1) is 0 Å². The fourth-order valence-corrected chi connectivity index (χ4v) is 2.43. The average Bonchev–Trinajstić information content (AvgIpc) is 2.67. The monoisotopic (exact) mass is 362 g/mol. The van der Waals surface area contributed by atoms with Crippen LogP contribution in [0.1, 0.15) is 43.0 Å². The Kier molecular flexibility index (Phi) is 9.67. The first kappa shape index (κ1) is 21.3. The van der Waals surface area contributed by atoms with E-state index in [1.807, 2.05) is 6.07 Å². The number of ketones is 1. The lowest BCUT2D eigenvalue weighted by atomic mass is 10.0. The normalized spacial score (nSPS) is 12.5. The number of ether oxygens (including phenoxy) is 1. The minimum absolute atomic E-state index is 0.00570. The molecule has 0 unspecified atom stereocenters. The van der Waals surface area contributed by atoms with Gasteiger partial charge < -0.3 is 15.4 Å². The Morgan fingerprint density at radius 2 is 1.85 bits per heavy atom. The average molecular weight is 362 g/mol. The molecule has 1 aromatic carbocycles. The summed E-state index contributed by atoms with van der Waals surface area (Å²) < 4.78 is 4.74. The number of benzene rings is 1. The van der Waals surface area contributed by atoms with E-state index >= 15 is 0 Å². The molecule has 7 heteroatoms. The third-order valence-electron chi connectivity index (χ3n) is 4.05. The summed E-state index contributed by atoms with van der Waals surface area (Å²) in [6.07, 6.45) is 2.09. The Morgan fingerprint density at radius 1 is 1.15 bits per heavy atom. The van der Waals surface area contributed by atoms with E-state index < -0.39 is 12.0 Å². The second-order valence-electron chi connectivity index (χ2n) is 6.03. The number of hydrogen-bond acceptors (Lipinski definition) is 5. The fourth-order valence-electron chi connectivity index (χ4n) is 2.43. The largest absolute Gasteiger partial charge is 0.467 e. The highest BCUT2D eigenvalue weighted by molar-refractivity contribution is 5.96. The smallest absolute Gasteiger partial charge is 0.328 e. The maximum absolute atomic E-state index is 12.2. The lowest BCUT2D eigenvalue weighted by Gasteiger charge is -2.19. The zero-order valence-electron chi connectivity index (χ0n) is 15.2. The summed E-state index contributed by atoms with van der Waals surface area (Å²) >= 11 is 0. The number of esters is 1. The minimum atomic E-state index is -0.794. The zero-order valence-corrected chi connectivity index (χ0v) is 15.2. The van der Waals surface area contributed by atoms with Gasteiger partial charge in [0.05, 0.1) is 7.11 Å². The topological polar surface area (TPSA) is 102 Å². The number of nitrogens with one attached hydrogen (secondary N) is 2. The first-order valence-corrected chi connectivity index (χ1v) is 8.63. The Hall–Kier alpha value is -2.70. The van der Waals surface area contributed by atoms with Gasteiger partial charge in [0, 0.05) is 24.4 Å². The standard InChI is InChI=1S/C19H26N2O5/c1-14(11-12-20-13-22)18(24)21-16(19(25)26-2)9-6-10-17(23)15-7-4-3-5-8-15/h3-5,7-8,13-14,16H,6,9-12H2,1-2H3,(H,20,22)(H,21,24)/t14-,16-/m0/s1. The van der Waals surface area contributed by atoms with Gasteiger partial charge in [0.1, 0.15) is 6.04 Å². The van der Waals surface area contributed by atoms with Gasteiger partial charge in [-0.25, -0.2) is 4.79 Å². The molecule has 2 atom stereocenters. The van der Waals surface area contributed by atoms with Crippen molar-refractivity contribution in [3.05, 3.63) is 35.9 Å². The van der Waals surface area contributed by atoms with E-state index in [2.05, 4.69) is 10.6 Å². The zero-order chi connectivity index (χ0) is 19.4. The van der Waals surface area contributed by atoms with E-state index in [1.54, 1.807) is 31.2 Å². The van der Waals surface area contributed by atoms with Crippen molar-refractivity contribution in [2.24, 2.45) is 5.92 Å². The van der Waals surface area contributed by atoms with E-state index in [9.17, 15) is 19.2 Å². The van der Waals surface area contributed by atoms with Gasteiger partial charge in [0.2, 0.25) is 12.3 Å². The van der Waals surface area contributed by atoms with Crippen LogP contribution in [0, 0.1) is 5.92 Å². The van der Waals surface area contributed by atoms with Crippen molar-refractivity contribution in [3.63, 3.8) is 0 Å². The lowest BCUT2D eigenvalue weighted by molar-refractivity contribution is -0.145. The third kappa shape index (κ3) is 7.46. The molecule has 0 aliphatic rings. The highest BCUT2D eigenvalue weighted by atomic mass is 16.5. The van der Waals surface area contributed by atoms with Crippen molar-refractivity contribution in [3.8, 4) is 0 Å². The van der Waals surface area contributed by atoms with Gasteiger partial charge in [0.25, 0.3) is 0 Å². The SMILES string of the molecule is COC(=O)[C@H](CCCC(=O)c1ccccc1)NC(=O)[C@@H](C)CCNC=O. The van der Waals surface area contributed by atoms with Crippen LogP contribution in [0.15, 0.2) is 30.3 Å². The van der Waals surface area contributed by atoms with Crippen molar-refractivity contribution < 1.29 is 23.9 Å². The van der Waals surface area contributed by atoms with Crippen molar-refractivity contribution in [1.29, 1.82) is 0 Å². The molecule has 0 heterocycles. The minimum Gasteiger partial charge on any atom is -0.467 e. The number of carbonyl (C=O) groups is 4. The van der Waals surface area contributed by atoms with Crippen LogP contribution >= 0.6 is 0 Å². The maximum atomic E-state index is 12.2. The molecule has 0 fully saturated rings. The van der Waals surface area contributed by atoms with Crippen LogP contribution < -0.4 is 10.6 Å². The maximum Gasteiger partial charge on any atom is 0.328 e. The van der Waals surface area contributed by atoms with E-state index in [4.69, 9.17) is 4.74 Å². The molecule has 26 heavy (non-hydrogen) atoms. The highest BCUT2D eigenvalue weighted by Gasteiger charge is 2.24. The van der Waals surface area contributed by atoms with E-state index in [0.717, 1.165) is 0 Å². The quantitative estimate of drug-likeness (QED) is 0.254. The third-order valence-corrected chi connectivity index (χ3v) is 4.05. The molecule has 0 aromatic heterocycles. The van der Waals surface area contributed by atoms with Crippen LogP contribution in [0.5, 0.6) is 0 Å². The Balaban J connectivity index is 2.50. The molecule has 7 nitrogen and oxygen atoms in total. The number of carbonyl (C=O) groups excluding carboxylic acids is 4. The van der Waals surface area contributed by atoms with Crippen LogP contribution in [0.2, 0.25) is 0 Å². The molecule has 2 amide bonds. The van der Waals surface area contributed by atoms with Gasteiger partial charge in [-0.2, -0.15) is 0 Å². The molecule has 142 valence electrons. The molecule has 0 saturated carbocycles. The molecule has 0 spiro atoms. The Morgan fingerprint density at radius 3 is 2.46 bits per heavy atom. The summed E-state index contributed by atoms with van der Waals surface area (Å²) in [6, 6.07) is 8.13. The van der Waals surface area contributed by atoms with Gasteiger partial charge in [-0.05, 0) is 19.3 Å². The number of hydrogen-bond donors (Lipinski definition) is 2. The molecule has 0 saturated heterocycles. The lowest BCUT2D eigenvalue weighted by Crippen LogP contribution is -2.44. The summed E-state index contributed by atoms with van der Waals surface area (Å²) in [7, 11) is 1.26. The second kappa shape index (κ2) is 11.8. The predicted molar refractivity (Wildman–Crippen MR) is 96.4 cm³/mol. The molecular weight excluding hydrogens is 336 g/mol. The van der Waals surface area contributed by atoms with E-state index in [0.29, 0.717) is 37.8 Å². The van der Waals surface area contributed by atoms with Gasteiger partial charge >= 0.3 is 5.97 Å². The molecule has 1 rings (SSSR count). The van der Waals surface area contributed by atoms with Gasteiger partial charge in [-0.1, -0.05) is 37.3 Å². The van der Waals surface area contributed by atoms with Crippen molar-refractivity contribution in [1.82, 2.24) is 10.6 Å². The molecule has 0 aliphatic carbocycles. The van der Waals surface area contributed by atoms with E-state index in [1.165, 1.54) is 7.11 Å². The number of rotatable bonds is 12. The molecule has 0 radical (unpaired) electrons. The van der Waals surface area contributed by atoms with Gasteiger partial charge in [-0.3, -0.25) is 14.4 Å². The number of methoxy groups -OCH3 is 1. The molecule has 0 aliphatic heterocycles. The van der Waals surface area contributed by atoms with Crippen molar-refractivity contribution in [2.45, 2.75) is 38.6 Å². The molecule has 1 aromatic rings. The summed E-state index contributed by atoms with van der Waals surface area (Å²) in [6.45, 7) is 2.10. The second-order valence-corrected chi connectivity index (χ2v) is 6.03. The molecule has 0 bridgehead atoms. The van der Waals surface area contributed by atoms with E-state index in [-0.39, 0.29) is 24.0 Å². The van der Waals surface area contributed by atoms with Gasteiger partial charge in [0.15, 0.2) is 5.78 Å². The number of Topliss-reactive ketones (excluding diaryl/α,β-unsaturated/α-hetero) is 1. The summed E-state index contributed by atoms with van der Waals surface area (Å²) in [5.41, 5.74) is 0.627. The predicted octanol–water partition coefficient (Wildman–Crippen LogP) is 1.47. The number of amides is 2. The summed E-state index contributed by atoms with van der Waals surface area (Å²) in [4.78, 5) is 46.4. The van der Waals surface area contributed by atoms with Crippen LogP contribution in [-0.4, -0.2) is 43.8 Å². The van der Waals surface area contributed by atoms with Crippen LogP contribution in [0.3, 0.4) is 0 Å². The first-order valence-electron chi connectivity index (χ1n) is 8.63. The van der Waals surface area contributed by atoms with Crippen LogP contribution in [0.25, 0.3) is 0 Å². The summed E-state index contributed by atoms with van der Waals surface area (Å²) in [5, 5.41) is 5.16. The van der Waals surface area contributed by atoms with Crippen molar-refractivity contribution in [2.75, 3.05) is 13.7 Å². The Labute approximate surface area is 153 Å². The first-order chi connectivity index (χ1) is 12.5. The summed E-state index contributed by atoms with van der Waals surface area (Å²) in [5.74, 6) is -1.19. The molecule has 2 N–H and O–H groups in total. The molecular formula is C19H26N2O5. The van der Waals surface area contributed by atoms with Crippen molar-refractivity contribution >= 4 is 24.1 Å².